The first-order chi connectivity index (χ1) is 9.74. The third-order valence-corrected chi connectivity index (χ3v) is 4.72. The van der Waals surface area contributed by atoms with Gasteiger partial charge in [0.1, 0.15) is 0 Å². The van der Waals surface area contributed by atoms with Gasteiger partial charge in [-0.15, -0.1) is 0 Å². The van der Waals surface area contributed by atoms with E-state index >= 15 is 0 Å². The number of piperidine rings is 1. The van der Waals surface area contributed by atoms with Gasteiger partial charge in [0, 0.05) is 24.7 Å². The van der Waals surface area contributed by atoms with Crippen LogP contribution in [0.15, 0.2) is 23.0 Å². The van der Waals surface area contributed by atoms with Crippen molar-refractivity contribution in [2.45, 2.75) is 32.1 Å². The molecule has 0 saturated carbocycles. The van der Waals surface area contributed by atoms with E-state index in [4.69, 9.17) is 0 Å². The molecule has 0 radical (unpaired) electrons. The largest absolute Gasteiger partial charge is 0.342 e. The Morgan fingerprint density at radius 2 is 2.50 bits per heavy atom. The van der Waals surface area contributed by atoms with Gasteiger partial charge in [0.2, 0.25) is 5.91 Å². The van der Waals surface area contributed by atoms with E-state index in [1.165, 1.54) is 11.3 Å². The van der Waals surface area contributed by atoms with Crippen LogP contribution in [0.1, 0.15) is 35.6 Å². The lowest BCUT2D eigenvalue weighted by Gasteiger charge is -2.32. The number of nitrogens with one attached hydrogen (secondary N) is 1. The molecule has 1 N–H and O–H groups in total. The summed E-state index contributed by atoms with van der Waals surface area (Å²) < 4.78 is 0. The third kappa shape index (κ3) is 2.77. The van der Waals surface area contributed by atoms with Crippen molar-refractivity contribution >= 4 is 17.2 Å². The maximum Gasteiger partial charge on any atom is 0.227 e. The highest BCUT2D eigenvalue weighted by atomic mass is 32.1. The molecular formula is C15H19N3OS. The number of H-pyrrole nitrogens is 1. The normalized spacial score (nSPS) is 19.2. The molecule has 1 aliphatic rings. The fourth-order valence-electron chi connectivity index (χ4n) is 2.89. The van der Waals surface area contributed by atoms with Crippen LogP contribution in [0.3, 0.4) is 0 Å². The SMILES string of the molecule is Cc1cn[nH]c1C1CCCN(C(=O)Cc2ccsc2)C1. The zero-order valence-electron chi connectivity index (χ0n) is 11.6. The number of amides is 1. The molecule has 1 aliphatic heterocycles. The Morgan fingerprint density at radius 1 is 1.60 bits per heavy atom. The molecule has 0 aromatic carbocycles. The van der Waals surface area contributed by atoms with Crippen molar-refractivity contribution in [1.29, 1.82) is 0 Å². The molecule has 20 heavy (non-hydrogen) atoms. The van der Waals surface area contributed by atoms with Crippen LogP contribution < -0.4 is 0 Å². The van der Waals surface area contributed by atoms with Gasteiger partial charge in [-0.25, -0.2) is 0 Å². The van der Waals surface area contributed by atoms with Crippen molar-refractivity contribution in [3.63, 3.8) is 0 Å². The number of hydrogen-bond donors (Lipinski definition) is 1. The van der Waals surface area contributed by atoms with E-state index in [0.29, 0.717) is 12.3 Å². The molecule has 1 amide bonds. The molecule has 0 spiro atoms. The number of likely N-dealkylation sites (tertiary alicyclic amines) is 1. The van der Waals surface area contributed by atoms with Gasteiger partial charge in [0.05, 0.1) is 12.6 Å². The Kier molecular flexibility index (Phi) is 3.87. The van der Waals surface area contributed by atoms with Gasteiger partial charge < -0.3 is 4.90 Å². The molecule has 1 fully saturated rings. The van der Waals surface area contributed by atoms with Crippen LogP contribution in [0.2, 0.25) is 0 Å². The summed E-state index contributed by atoms with van der Waals surface area (Å²) >= 11 is 1.64. The quantitative estimate of drug-likeness (QED) is 0.944. The number of carbonyl (C=O) groups excluding carboxylic acids is 1. The van der Waals surface area contributed by atoms with Crippen LogP contribution in [0, 0.1) is 6.92 Å². The first-order valence-electron chi connectivity index (χ1n) is 7.03. The lowest BCUT2D eigenvalue weighted by Crippen LogP contribution is -2.40. The summed E-state index contributed by atoms with van der Waals surface area (Å²) in [6, 6.07) is 2.03. The van der Waals surface area contributed by atoms with Gasteiger partial charge in [-0.3, -0.25) is 9.89 Å². The molecule has 4 nitrogen and oxygen atoms in total. The summed E-state index contributed by atoms with van der Waals surface area (Å²) in [5, 5.41) is 11.3. The highest BCUT2D eigenvalue weighted by Gasteiger charge is 2.26. The number of hydrogen-bond acceptors (Lipinski definition) is 3. The Hall–Kier alpha value is -1.62. The van der Waals surface area contributed by atoms with Crippen molar-refractivity contribution in [2.75, 3.05) is 13.1 Å². The van der Waals surface area contributed by atoms with Crippen LogP contribution >= 0.6 is 11.3 Å². The number of carbonyl (C=O) groups is 1. The van der Waals surface area contributed by atoms with Crippen LogP contribution in [0.4, 0.5) is 0 Å². The van der Waals surface area contributed by atoms with Crippen molar-refractivity contribution in [1.82, 2.24) is 15.1 Å². The average molecular weight is 289 g/mol. The van der Waals surface area contributed by atoms with Crippen LogP contribution in [0.25, 0.3) is 0 Å². The molecule has 3 rings (SSSR count). The van der Waals surface area contributed by atoms with Crippen molar-refractivity contribution in [2.24, 2.45) is 0 Å². The lowest BCUT2D eigenvalue weighted by molar-refractivity contribution is -0.131. The van der Waals surface area contributed by atoms with Gasteiger partial charge in [-0.05, 0) is 47.7 Å². The Labute approximate surface area is 122 Å². The van der Waals surface area contributed by atoms with Gasteiger partial charge in [0.15, 0.2) is 0 Å². The van der Waals surface area contributed by atoms with Crippen molar-refractivity contribution in [3.8, 4) is 0 Å². The van der Waals surface area contributed by atoms with E-state index in [9.17, 15) is 4.79 Å². The summed E-state index contributed by atoms with van der Waals surface area (Å²) in [7, 11) is 0. The number of thiophene rings is 1. The van der Waals surface area contributed by atoms with Crippen LogP contribution in [-0.2, 0) is 11.2 Å². The molecule has 0 aliphatic carbocycles. The van der Waals surface area contributed by atoms with E-state index < -0.39 is 0 Å². The van der Waals surface area contributed by atoms with Crippen molar-refractivity contribution < 1.29 is 4.79 Å². The predicted octanol–water partition coefficient (Wildman–Crippen LogP) is 2.73. The van der Waals surface area contributed by atoms with E-state index in [1.54, 1.807) is 11.3 Å². The fourth-order valence-corrected chi connectivity index (χ4v) is 3.56. The zero-order valence-corrected chi connectivity index (χ0v) is 12.4. The monoisotopic (exact) mass is 289 g/mol. The van der Waals surface area contributed by atoms with Gasteiger partial charge >= 0.3 is 0 Å². The molecule has 2 aromatic heterocycles. The van der Waals surface area contributed by atoms with Crippen LogP contribution in [0.5, 0.6) is 0 Å². The lowest BCUT2D eigenvalue weighted by atomic mass is 9.92. The number of aromatic nitrogens is 2. The minimum absolute atomic E-state index is 0.241. The van der Waals surface area contributed by atoms with Gasteiger partial charge in [-0.1, -0.05) is 0 Å². The second-order valence-corrected chi connectivity index (χ2v) is 6.23. The predicted molar refractivity (Wildman–Crippen MR) is 79.9 cm³/mol. The molecule has 3 heterocycles. The van der Waals surface area contributed by atoms with Gasteiger partial charge in [-0.2, -0.15) is 16.4 Å². The number of aryl methyl sites for hydroxylation is 1. The van der Waals surface area contributed by atoms with Crippen LogP contribution in [-0.4, -0.2) is 34.1 Å². The second kappa shape index (κ2) is 5.79. The van der Waals surface area contributed by atoms with E-state index in [0.717, 1.165) is 31.5 Å². The standard InChI is InChI=1S/C15H19N3OS/c1-11-8-16-17-15(11)13-3-2-5-18(9-13)14(19)7-12-4-6-20-10-12/h4,6,8,10,13H,2-3,5,7,9H2,1H3,(H,16,17). The zero-order chi connectivity index (χ0) is 13.9. The first kappa shape index (κ1) is 13.4. The molecule has 5 heteroatoms. The summed E-state index contributed by atoms with van der Waals surface area (Å²) in [6.07, 6.45) is 4.59. The highest BCUT2D eigenvalue weighted by molar-refractivity contribution is 7.07. The topological polar surface area (TPSA) is 49.0 Å². The maximum atomic E-state index is 12.4. The minimum Gasteiger partial charge on any atom is -0.342 e. The molecular weight excluding hydrogens is 270 g/mol. The number of nitrogens with zero attached hydrogens (tertiary/aromatic N) is 2. The van der Waals surface area contributed by atoms with E-state index in [-0.39, 0.29) is 5.91 Å². The summed E-state index contributed by atoms with van der Waals surface area (Å²) in [6.45, 7) is 3.77. The molecule has 0 bridgehead atoms. The van der Waals surface area contributed by atoms with Crippen molar-refractivity contribution in [3.05, 3.63) is 39.8 Å². The number of aromatic amines is 1. The fraction of sp³-hybridized carbons (Fsp3) is 0.467. The van der Waals surface area contributed by atoms with Gasteiger partial charge in [0.25, 0.3) is 0 Å². The Bertz CT molecular complexity index is 576. The Balaban J connectivity index is 1.66. The molecule has 1 atom stereocenters. The van der Waals surface area contributed by atoms with E-state index in [2.05, 4.69) is 22.5 Å². The highest BCUT2D eigenvalue weighted by Crippen LogP contribution is 2.27. The maximum absolute atomic E-state index is 12.4. The summed E-state index contributed by atoms with van der Waals surface area (Å²) in [5.41, 5.74) is 3.51. The average Bonchev–Trinajstić information content (AvgIpc) is 3.10. The number of rotatable bonds is 3. The Morgan fingerprint density at radius 3 is 3.20 bits per heavy atom. The summed E-state index contributed by atoms with van der Waals surface area (Å²) in [5.74, 6) is 0.642. The minimum atomic E-state index is 0.241. The summed E-state index contributed by atoms with van der Waals surface area (Å²) in [4.78, 5) is 14.4. The smallest absolute Gasteiger partial charge is 0.227 e. The third-order valence-electron chi connectivity index (χ3n) is 3.99. The molecule has 106 valence electrons. The molecule has 1 saturated heterocycles. The van der Waals surface area contributed by atoms with E-state index in [1.807, 2.05) is 22.5 Å². The molecule has 2 aromatic rings. The molecule has 1 unspecified atom stereocenters. The first-order valence-corrected chi connectivity index (χ1v) is 7.97. The second-order valence-electron chi connectivity index (χ2n) is 5.45.